The molecule has 0 bridgehead atoms. The van der Waals surface area contributed by atoms with Gasteiger partial charge >= 0.3 is 0 Å². The molecule has 0 radical (unpaired) electrons. The van der Waals surface area contributed by atoms with Crippen molar-refractivity contribution in [3.8, 4) is 11.4 Å². The van der Waals surface area contributed by atoms with Gasteiger partial charge in [0, 0.05) is 29.4 Å². The summed E-state index contributed by atoms with van der Waals surface area (Å²) in [6, 6.07) is 8.73. The van der Waals surface area contributed by atoms with Crippen LogP contribution in [0.15, 0.2) is 36.5 Å². The third-order valence-electron chi connectivity index (χ3n) is 5.69. The molecule has 3 aromatic rings. The number of H-pyrrole nitrogens is 1. The summed E-state index contributed by atoms with van der Waals surface area (Å²) < 4.78 is 13.4. The summed E-state index contributed by atoms with van der Waals surface area (Å²) >= 11 is 0. The highest BCUT2D eigenvalue weighted by molar-refractivity contribution is 5.79. The molecule has 2 aromatic heterocycles. The summed E-state index contributed by atoms with van der Waals surface area (Å²) in [7, 11) is 2.18. The predicted octanol–water partition coefficient (Wildman–Crippen LogP) is 3.54. The summed E-state index contributed by atoms with van der Waals surface area (Å²) in [6.07, 6.45) is 5.21. The van der Waals surface area contributed by atoms with Crippen LogP contribution in [0.25, 0.3) is 22.4 Å². The van der Waals surface area contributed by atoms with Gasteiger partial charge in [0.2, 0.25) is 0 Å². The molecule has 0 saturated carbocycles. The highest BCUT2D eigenvalue weighted by Gasteiger charge is 2.27. The summed E-state index contributed by atoms with van der Waals surface area (Å²) in [5.41, 5.74) is 9.36. The first-order valence-corrected chi connectivity index (χ1v) is 9.64. The maximum Gasteiger partial charge on any atom is 0.140 e. The van der Waals surface area contributed by atoms with E-state index in [2.05, 4.69) is 34.0 Å². The smallest absolute Gasteiger partial charge is 0.140 e. The molecular formula is C21H26FN5. The fourth-order valence-corrected chi connectivity index (χ4v) is 4.12. The molecule has 27 heavy (non-hydrogen) atoms. The van der Waals surface area contributed by atoms with Crippen LogP contribution in [0.1, 0.15) is 30.9 Å². The first kappa shape index (κ1) is 18.1. The Labute approximate surface area is 158 Å². The number of imidazole rings is 1. The van der Waals surface area contributed by atoms with E-state index in [0.29, 0.717) is 29.7 Å². The number of nitrogens with two attached hydrogens (primary N) is 1. The van der Waals surface area contributed by atoms with E-state index in [-0.39, 0.29) is 5.82 Å². The Kier molecular flexibility index (Phi) is 5.18. The highest BCUT2D eigenvalue weighted by atomic mass is 19.1. The lowest BCUT2D eigenvalue weighted by molar-refractivity contribution is 0.193. The SMILES string of the molecule is CN1CCC(C(CCN)c2ccc(-c3nc4cc(F)ccc4[nH]3)cn2)CC1. The van der Waals surface area contributed by atoms with E-state index in [1.807, 2.05) is 6.20 Å². The van der Waals surface area contributed by atoms with Gasteiger partial charge in [0.25, 0.3) is 0 Å². The molecule has 5 nitrogen and oxygen atoms in total. The number of halogens is 1. The maximum atomic E-state index is 13.4. The lowest BCUT2D eigenvalue weighted by Gasteiger charge is -2.34. The normalized spacial score (nSPS) is 17.4. The number of nitrogens with zero attached hydrogens (tertiary/aromatic N) is 3. The van der Waals surface area contributed by atoms with E-state index in [4.69, 9.17) is 10.7 Å². The molecule has 142 valence electrons. The third kappa shape index (κ3) is 3.87. The number of hydrogen-bond donors (Lipinski definition) is 2. The van der Waals surface area contributed by atoms with Gasteiger partial charge in [0.1, 0.15) is 11.6 Å². The molecule has 0 amide bonds. The third-order valence-corrected chi connectivity index (χ3v) is 5.69. The van der Waals surface area contributed by atoms with Crippen LogP contribution in [0.5, 0.6) is 0 Å². The van der Waals surface area contributed by atoms with Crippen LogP contribution in [-0.4, -0.2) is 46.5 Å². The van der Waals surface area contributed by atoms with Gasteiger partial charge in [0.15, 0.2) is 0 Å². The molecule has 1 unspecified atom stereocenters. The van der Waals surface area contributed by atoms with Crippen molar-refractivity contribution < 1.29 is 4.39 Å². The van der Waals surface area contributed by atoms with Gasteiger partial charge < -0.3 is 15.6 Å². The van der Waals surface area contributed by atoms with Crippen LogP contribution in [0.4, 0.5) is 4.39 Å². The van der Waals surface area contributed by atoms with Gasteiger partial charge in [0.05, 0.1) is 11.0 Å². The molecule has 1 atom stereocenters. The molecule has 4 rings (SSSR count). The number of fused-ring (bicyclic) bond motifs is 1. The van der Waals surface area contributed by atoms with Crippen LogP contribution < -0.4 is 5.73 Å². The van der Waals surface area contributed by atoms with Crippen LogP contribution in [0.2, 0.25) is 0 Å². The molecule has 0 spiro atoms. The molecule has 3 heterocycles. The number of aromatic amines is 1. The molecule has 3 N–H and O–H groups in total. The molecule has 0 aliphatic carbocycles. The van der Waals surface area contributed by atoms with Gasteiger partial charge in [-0.25, -0.2) is 9.37 Å². The average molecular weight is 367 g/mol. The Morgan fingerprint density at radius 3 is 2.78 bits per heavy atom. The summed E-state index contributed by atoms with van der Waals surface area (Å²) in [4.78, 5) is 14.9. The number of benzene rings is 1. The Morgan fingerprint density at radius 1 is 1.26 bits per heavy atom. The number of rotatable bonds is 5. The number of nitrogens with one attached hydrogen (secondary N) is 1. The predicted molar refractivity (Wildman–Crippen MR) is 106 cm³/mol. The van der Waals surface area contributed by atoms with E-state index in [1.54, 1.807) is 6.07 Å². The lowest BCUT2D eigenvalue weighted by atomic mass is 9.80. The summed E-state index contributed by atoms with van der Waals surface area (Å²) in [5, 5.41) is 0. The van der Waals surface area contributed by atoms with Crippen LogP contribution in [0.3, 0.4) is 0 Å². The fraction of sp³-hybridized carbons (Fsp3) is 0.429. The van der Waals surface area contributed by atoms with Crippen molar-refractivity contribution in [2.24, 2.45) is 11.7 Å². The monoisotopic (exact) mass is 367 g/mol. The molecular weight excluding hydrogens is 341 g/mol. The van der Waals surface area contributed by atoms with E-state index in [1.165, 1.54) is 25.0 Å². The highest BCUT2D eigenvalue weighted by Crippen LogP contribution is 2.34. The second-order valence-electron chi connectivity index (χ2n) is 7.54. The topological polar surface area (TPSA) is 70.8 Å². The second-order valence-corrected chi connectivity index (χ2v) is 7.54. The molecule has 1 saturated heterocycles. The number of pyridine rings is 1. The second kappa shape index (κ2) is 7.74. The van der Waals surface area contributed by atoms with Crippen molar-refractivity contribution >= 4 is 11.0 Å². The molecule has 1 aliphatic rings. The Balaban J connectivity index is 1.57. The minimum atomic E-state index is -0.281. The van der Waals surface area contributed by atoms with Crippen molar-refractivity contribution in [1.29, 1.82) is 0 Å². The first-order chi connectivity index (χ1) is 13.1. The zero-order valence-electron chi connectivity index (χ0n) is 15.7. The summed E-state index contributed by atoms with van der Waals surface area (Å²) in [5.74, 6) is 1.47. The maximum absolute atomic E-state index is 13.4. The van der Waals surface area contributed by atoms with Gasteiger partial charge in [-0.05, 0) is 76.1 Å². The van der Waals surface area contributed by atoms with Crippen LogP contribution in [-0.2, 0) is 0 Å². The Bertz CT molecular complexity index is 897. The van der Waals surface area contributed by atoms with Gasteiger partial charge in [-0.15, -0.1) is 0 Å². The van der Waals surface area contributed by atoms with Crippen LogP contribution >= 0.6 is 0 Å². The lowest BCUT2D eigenvalue weighted by Crippen LogP contribution is -2.33. The molecule has 1 aromatic carbocycles. The Hall–Kier alpha value is -2.31. The summed E-state index contributed by atoms with van der Waals surface area (Å²) in [6.45, 7) is 2.95. The van der Waals surface area contributed by atoms with Gasteiger partial charge in [-0.1, -0.05) is 0 Å². The van der Waals surface area contributed by atoms with Crippen molar-refractivity contribution in [2.75, 3.05) is 26.7 Å². The molecule has 1 aliphatic heterocycles. The average Bonchev–Trinajstić information content (AvgIpc) is 3.10. The molecule has 6 heteroatoms. The van der Waals surface area contributed by atoms with E-state index < -0.39 is 0 Å². The first-order valence-electron chi connectivity index (χ1n) is 9.64. The standard InChI is InChI=1S/C21H26FN5/c1-27-10-7-14(8-11-27)17(6-9-23)18-4-2-15(13-24-18)21-25-19-5-3-16(22)12-20(19)26-21/h2-5,12-14,17H,6-11,23H2,1H3,(H,25,26). The van der Waals surface area contributed by atoms with Crippen molar-refractivity contribution in [3.05, 3.63) is 48.0 Å². The number of piperidine rings is 1. The van der Waals surface area contributed by atoms with E-state index in [0.717, 1.165) is 36.3 Å². The fourth-order valence-electron chi connectivity index (χ4n) is 4.12. The number of likely N-dealkylation sites (tertiary alicyclic amines) is 1. The quantitative estimate of drug-likeness (QED) is 0.724. The zero-order valence-corrected chi connectivity index (χ0v) is 15.7. The number of aromatic nitrogens is 3. The minimum absolute atomic E-state index is 0.281. The molecule has 1 fully saturated rings. The number of hydrogen-bond acceptors (Lipinski definition) is 4. The minimum Gasteiger partial charge on any atom is -0.338 e. The van der Waals surface area contributed by atoms with Gasteiger partial charge in [-0.2, -0.15) is 0 Å². The van der Waals surface area contributed by atoms with Crippen molar-refractivity contribution in [3.63, 3.8) is 0 Å². The zero-order chi connectivity index (χ0) is 18.8. The Morgan fingerprint density at radius 2 is 2.07 bits per heavy atom. The van der Waals surface area contributed by atoms with Crippen molar-refractivity contribution in [1.82, 2.24) is 19.9 Å². The van der Waals surface area contributed by atoms with E-state index in [9.17, 15) is 4.39 Å². The van der Waals surface area contributed by atoms with E-state index >= 15 is 0 Å². The van der Waals surface area contributed by atoms with Gasteiger partial charge in [-0.3, -0.25) is 4.98 Å². The van der Waals surface area contributed by atoms with Crippen LogP contribution in [0, 0.1) is 11.7 Å². The van der Waals surface area contributed by atoms with Crippen molar-refractivity contribution in [2.45, 2.75) is 25.2 Å². The largest absolute Gasteiger partial charge is 0.338 e.